The van der Waals surface area contributed by atoms with E-state index in [1.54, 1.807) is 19.2 Å². The zero-order valence-corrected chi connectivity index (χ0v) is 16.9. The van der Waals surface area contributed by atoms with Gasteiger partial charge in [-0.25, -0.2) is 4.39 Å². The van der Waals surface area contributed by atoms with Gasteiger partial charge in [0.25, 0.3) is 0 Å². The molecule has 3 nitrogen and oxygen atoms in total. The predicted octanol–water partition coefficient (Wildman–Crippen LogP) is 5.15. The highest BCUT2D eigenvalue weighted by atomic mass is 35.5. The SMILES string of the molecule is CCCN1CC[C@H](c2ccc(F)cc2)[C@@H](COc2ccc(OC)cc2)C1.Cl. The molecule has 0 radical (unpaired) electrons. The Kier molecular flexibility index (Phi) is 8.39. The van der Waals surface area contributed by atoms with Crippen molar-refractivity contribution in [2.24, 2.45) is 5.92 Å². The van der Waals surface area contributed by atoms with Crippen LogP contribution in [0.15, 0.2) is 48.5 Å². The number of piperidine rings is 1. The summed E-state index contributed by atoms with van der Waals surface area (Å²) in [5.41, 5.74) is 1.21. The third kappa shape index (κ3) is 5.85. The zero-order valence-electron chi connectivity index (χ0n) is 16.1. The van der Waals surface area contributed by atoms with Gasteiger partial charge in [0.15, 0.2) is 0 Å². The number of hydrogen-bond donors (Lipinski definition) is 0. The van der Waals surface area contributed by atoms with Crippen LogP contribution in [-0.2, 0) is 0 Å². The zero-order chi connectivity index (χ0) is 18.4. The van der Waals surface area contributed by atoms with E-state index in [9.17, 15) is 4.39 Å². The first-order valence-corrected chi connectivity index (χ1v) is 9.44. The van der Waals surface area contributed by atoms with E-state index in [0.717, 1.165) is 44.0 Å². The van der Waals surface area contributed by atoms with Crippen LogP contribution in [-0.4, -0.2) is 38.3 Å². The maximum Gasteiger partial charge on any atom is 0.123 e. The van der Waals surface area contributed by atoms with Gasteiger partial charge >= 0.3 is 0 Å². The van der Waals surface area contributed by atoms with Crippen molar-refractivity contribution in [2.45, 2.75) is 25.7 Å². The molecule has 3 rings (SSSR count). The van der Waals surface area contributed by atoms with Gasteiger partial charge < -0.3 is 14.4 Å². The Labute approximate surface area is 167 Å². The van der Waals surface area contributed by atoms with Crippen molar-refractivity contribution < 1.29 is 13.9 Å². The molecule has 0 aromatic heterocycles. The molecule has 148 valence electrons. The third-order valence-electron chi connectivity index (χ3n) is 5.18. The summed E-state index contributed by atoms with van der Waals surface area (Å²) in [6.07, 6.45) is 2.25. The molecule has 27 heavy (non-hydrogen) atoms. The molecule has 0 spiro atoms. The van der Waals surface area contributed by atoms with Gasteiger partial charge in [-0.3, -0.25) is 0 Å². The van der Waals surface area contributed by atoms with Crippen molar-refractivity contribution in [1.82, 2.24) is 4.90 Å². The molecule has 1 saturated heterocycles. The highest BCUT2D eigenvalue weighted by Gasteiger charge is 2.30. The summed E-state index contributed by atoms with van der Waals surface area (Å²) in [4.78, 5) is 2.52. The van der Waals surface area contributed by atoms with Gasteiger partial charge in [0.2, 0.25) is 0 Å². The Morgan fingerprint density at radius 3 is 2.33 bits per heavy atom. The smallest absolute Gasteiger partial charge is 0.123 e. The topological polar surface area (TPSA) is 21.7 Å². The van der Waals surface area contributed by atoms with Crippen LogP contribution in [0.2, 0.25) is 0 Å². The fraction of sp³-hybridized carbons (Fsp3) is 0.455. The molecule has 0 amide bonds. The van der Waals surface area contributed by atoms with Crippen molar-refractivity contribution in [1.29, 1.82) is 0 Å². The summed E-state index contributed by atoms with van der Waals surface area (Å²) in [6, 6.07) is 14.7. The number of halogens is 2. The number of nitrogens with zero attached hydrogens (tertiary/aromatic N) is 1. The summed E-state index contributed by atoms with van der Waals surface area (Å²) in [5.74, 6) is 2.30. The van der Waals surface area contributed by atoms with E-state index >= 15 is 0 Å². The monoisotopic (exact) mass is 393 g/mol. The Morgan fingerprint density at radius 2 is 1.70 bits per heavy atom. The summed E-state index contributed by atoms with van der Waals surface area (Å²) in [5, 5.41) is 0. The number of likely N-dealkylation sites (tertiary alicyclic amines) is 1. The highest BCUT2D eigenvalue weighted by Crippen LogP contribution is 2.34. The van der Waals surface area contributed by atoms with E-state index in [4.69, 9.17) is 9.47 Å². The molecule has 0 unspecified atom stereocenters. The largest absolute Gasteiger partial charge is 0.497 e. The Morgan fingerprint density at radius 1 is 1.04 bits per heavy atom. The van der Waals surface area contributed by atoms with Gasteiger partial charge in [-0.05, 0) is 73.8 Å². The second kappa shape index (κ2) is 10.5. The van der Waals surface area contributed by atoms with E-state index < -0.39 is 0 Å². The van der Waals surface area contributed by atoms with Crippen LogP contribution in [0.3, 0.4) is 0 Å². The molecule has 2 aromatic rings. The van der Waals surface area contributed by atoms with Crippen LogP contribution in [0.25, 0.3) is 0 Å². The molecular weight excluding hydrogens is 365 g/mol. The standard InChI is InChI=1S/C22H28FNO2.ClH/c1-3-13-24-14-12-22(17-4-6-19(23)7-5-17)18(15-24)16-26-21-10-8-20(25-2)9-11-21;/h4-11,18,22H,3,12-16H2,1-2H3;1H/t18-,22-;/m1./s1. The molecule has 1 fully saturated rings. The van der Waals surface area contributed by atoms with E-state index in [2.05, 4.69) is 11.8 Å². The average Bonchev–Trinajstić information content (AvgIpc) is 2.68. The summed E-state index contributed by atoms with van der Waals surface area (Å²) < 4.78 is 24.6. The average molecular weight is 394 g/mol. The van der Waals surface area contributed by atoms with Crippen LogP contribution >= 0.6 is 12.4 Å². The lowest BCUT2D eigenvalue weighted by Crippen LogP contribution is -2.42. The third-order valence-corrected chi connectivity index (χ3v) is 5.18. The molecule has 0 N–H and O–H groups in total. The number of rotatable bonds is 7. The molecular formula is C22H29ClFNO2. The predicted molar refractivity (Wildman–Crippen MR) is 110 cm³/mol. The minimum Gasteiger partial charge on any atom is -0.497 e. The van der Waals surface area contributed by atoms with Gasteiger partial charge in [0.1, 0.15) is 17.3 Å². The summed E-state index contributed by atoms with van der Waals surface area (Å²) in [6.45, 7) is 6.11. The van der Waals surface area contributed by atoms with Crippen LogP contribution in [0.1, 0.15) is 31.2 Å². The summed E-state index contributed by atoms with van der Waals surface area (Å²) in [7, 11) is 1.66. The van der Waals surface area contributed by atoms with Crippen molar-refractivity contribution in [2.75, 3.05) is 33.4 Å². The molecule has 1 heterocycles. The first-order chi connectivity index (χ1) is 12.7. The Balaban J connectivity index is 0.00000261. The van der Waals surface area contributed by atoms with Crippen molar-refractivity contribution in [3.05, 3.63) is 59.9 Å². The number of hydrogen-bond acceptors (Lipinski definition) is 3. The molecule has 0 saturated carbocycles. The van der Waals surface area contributed by atoms with Gasteiger partial charge in [-0.2, -0.15) is 0 Å². The number of benzene rings is 2. The second-order valence-corrected chi connectivity index (χ2v) is 6.99. The number of ether oxygens (including phenoxy) is 2. The van der Waals surface area contributed by atoms with Crippen LogP contribution in [0.5, 0.6) is 11.5 Å². The van der Waals surface area contributed by atoms with E-state index in [-0.39, 0.29) is 18.2 Å². The first kappa shape index (κ1) is 21.5. The highest BCUT2D eigenvalue weighted by molar-refractivity contribution is 5.85. The molecule has 2 aromatic carbocycles. The Bertz CT molecular complexity index is 678. The van der Waals surface area contributed by atoms with E-state index in [1.165, 1.54) is 5.56 Å². The molecule has 0 aliphatic carbocycles. The lowest BCUT2D eigenvalue weighted by Gasteiger charge is -2.38. The fourth-order valence-corrected chi connectivity index (χ4v) is 3.82. The van der Waals surface area contributed by atoms with Crippen LogP contribution in [0.4, 0.5) is 4.39 Å². The van der Waals surface area contributed by atoms with Crippen molar-refractivity contribution in [3.8, 4) is 11.5 Å². The lowest BCUT2D eigenvalue weighted by molar-refractivity contribution is 0.111. The molecule has 5 heteroatoms. The second-order valence-electron chi connectivity index (χ2n) is 6.99. The van der Waals surface area contributed by atoms with Gasteiger partial charge in [0, 0.05) is 12.5 Å². The van der Waals surface area contributed by atoms with Crippen LogP contribution < -0.4 is 9.47 Å². The van der Waals surface area contributed by atoms with Crippen molar-refractivity contribution in [3.63, 3.8) is 0 Å². The molecule has 1 aliphatic rings. The maximum absolute atomic E-state index is 13.3. The van der Waals surface area contributed by atoms with Crippen LogP contribution in [0, 0.1) is 11.7 Å². The van der Waals surface area contributed by atoms with Crippen molar-refractivity contribution >= 4 is 12.4 Å². The molecule has 2 atom stereocenters. The fourth-order valence-electron chi connectivity index (χ4n) is 3.82. The number of methoxy groups -OCH3 is 1. The molecule has 1 aliphatic heterocycles. The van der Waals surface area contributed by atoms with Gasteiger partial charge in [-0.1, -0.05) is 19.1 Å². The Hall–Kier alpha value is -1.78. The lowest BCUT2D eigenvalue weighted by atomic mass is 9.81. The minimum absolute atomic E-state index is 0. The summed E-state index contributed by atoms with van der Waals surface area (Å²) >= 11 is 0. The minimum atomic E-state index is -0.178. The first-order valence-electron chi connectivity index (χ1n) is 9.44. The quantitative estimate of drug-likeness (QED) is 0.649. The van der Waals surface area contributed by atoms with E-state index in [0.29, 0.717) is 18.4 Å². The van der Waals surface area contributed by atoms with Gasteiger partial charge in [0.05, 0.1) is 13.7 Å². The normalized spacial score (nSPS) is 20.0. The van der Waals surface area contributed by atoms with Gasteiger partial charge in [-0.15, -0.1) is 12.4 Å². The molecule has 0 bridgehead atoms. The van der Waals surface area contributed by atoms with E-state index in [1.807, 2.05) is 36.4 Å². The maximum atomic E-state index is 13.3.